The molecule has 0 saturated heterocycles. The van der Waals surface area contributed by atoms with Gasteiger partial charge >= 0.3 is 0 Å². The molecule has 4 nitrogen and oxygen atoms in total. The Morgan fingerprint density at radius 1 is 1.19 bits per heavy atom. The fraction of sp³-hybridized carbons (Fsp3) is 1.00. The molecular formula is C11H24N2O2S. The lowest BCUT2D eigenvalue weighted by Crippen LogP contribution is -2.40. The van der Waals surface area contributed by atoms with E-state index in [1.54, 1.807) is 0 Å². The molecular weight excluding hydrogens is 224 g/mol. The fourth-order valence-corrected chi connectivity index (χ4v) is 3.35. The third-order valence-corrected chi connectivity index (χ3v) is 4.59. The van der Waals surface area contributed by atoms with Crippen molar-refractivity contribution in [3.63, 3.8) is 0 Å². The summed E-state index contributed by atoms with van der Waals surface area (Å²) in [4.78, 5) is 0. The van der Waals surface area contributed by atoms with Crippen LogP contribution in [0.15, 0.2) is 0 Å². The van der Waals surface area contributed by atoms with Gasteiger partial charge in [0.2, 0.25) is 10.0 Å². The molecule has 0 aromatic heterocycles. The van der Waals surface area contributed by atoms with E-state index in [9.17, 15) is 8.42 Å². The molecule has 0 radical (unpaired) electrons. The van der Waals surface area contributed by atoms with Crippen LogP contribution in [0, 0.1) is 5.92 Å². The number of hydrogen-bond donors (Lipinski definition) is 2. The van der Waals surface area contributed by atoms with Gasteiger partial charge in [-0.05, 0) is 38.1 Å². The highest BCUT2D eigenvalue weighted by atomic mass is 32.2. The molecule has 0 atom stereocenters. The second-order valence-electron chi connectivity index (χ2n) is 4.75. The van der Waals surface area contributed by atoms with Gasteiger partial charge in [0.05, 0.1) is 5.75 Å². The summed E-state index contributed by atoms with van der Waals surface area (Å²) in [7, 11) is -3.08. The number of rotatable bonds is 6. The van der Waals surface area contributed by atoms with Crippen molar-refractivity contribution in [1.82, 2.24) is 10.0 Å². The minimum absolute atomic E-state index is 0.169. The fourth-order valence-electron chi connectivity index (χ4n) is 2.07. The van der Waals surface area contributed by atoms with Crippen molar-refractivity contribution in [2.24, 2.45) is 5.92 Å². The maximum Gasteiger partial charge on any atom is 0.213 e. The molecule has 0 unspecified atom stereocenters. The van der Waals surface area contributed by atoms with Crippen LogP contribution in [0.1, 0.15) is 39.5 Å². The number of hydrogen-bond acceptors (Lipinski definition) is 3. The maximum absolute atomic E-state index is 11.7. The molecule has 0 bridgehead atoms. The van der Waals surface area contributed by atoms with Crippen molar-refractivity contribution in [2.45, 2.75) is 45.6 Å². The lowest BCUT2D eigenvalue weighted by Gasteiger charge is -2.26. The SMILES string of the molecule is CCNCCS(=O)(=O)NC1CCC(C)CC1. The van der Waals surface area contributed by atoms with E-state index in [4.69, 9.17) is 0 Å². The molecule has 1 fully saturated rings. The number of sulfonamides is 1. The van der Waals surface area contributed by atoms with Crippen molar-refractivity contribution >= 4 is 10.0 Å². The Labute approximate surface area is 99.2 Å². The monoisotopic (exact) mass is 248 g/mol. The molecule has 1 aliphatic rings. The largest absolute Gasteiger partial charge is 0.316 e. The standard InChI is InChI=1S/C11H24N2O2S/c1-3-12-8-9-16(14,15)13-11-6-4-10(2)5-7-11/h10-13H,3-9H2,1-2H3. The Morgan fingerprint density at radius 2 is 1.81 bits per heavy atom. The van der Waals surface area contributed by atoms with Gasteiger partial charge in [0.25, 0.3) is 0 Å². The molecule has 0 aromatic rings. The molecule has 0 heterocycles. The third kappa shape index (κ3) is 5.27. The van der Waals surface area contributed by atoms with Crippen LogP contribution in [0.2, 0.25) is 0 Å². The summed E-state index contributed by atoms with van der Waals surface area (Å²) >= 11 is 0. The Kier molecular flexibility index (Phi) is 5.72. The highest BCUT2D eigenvalue weighted by molar-refractivity contribution is 7.89. The van der Waals surface area contributed by atoms with Crippen LogP contribution < -0.4 is 10.0 Å². The van der Waals surface area contributed by atoms with E-state index in [-0.39, 0.29) is 11.8 Å². The van der Waals surface area contributed by atoms with Crippen molar-refractivity contribution in [3.05, 3.63) is 0 Å². The second-order valence-corrected chi connectivity index (χ2v) is 6.62. The van der Waals surface area contributed by atoms with Crippen LogP contribution in [-0.4, -0.2) is 33.3 Å². The molecule has 16 heavy (non-hydrogen) atoms. The van der Waals surface area contributed by atoms with E-state index >= 15 is 0 Å². The van der Waals surface area contributed by atoms with Crippen molar-refractivity contribution in [3.8, 4) is 0 Å². The molecule has 0 aromatic carbocycles. The minimum Gasteiger partial charge on any atom is -0.316 e. The van der Waals surface area contributed by atoms with Gasteiger partial charge in [-0.15, -0.1) is 0 Å². The Morgan fingerprint density at radius 3 is 2.38 bits per heavy atom. The summed E-state index contributed by atoms with van der Waals surface area (Å²) in [6.45, 7) is 5.56. The van der Waals surface area contributed by atoms with E-state index in [0.717, 1.165) is 38.1 Å². The van der Waals surface area contributed by atoms with Gasteiger partial charge in [-0.3, -0.25) is 0 Å². The molecule has 5 heteroatoms. The van der Waals surface area contributed by atoms with Gasteiger partial charge in [0.1, 0.15) is 0 Å². The second kappa shape index (κ2) is 6.57. The molecule has 0 aliphatic heterocycles. The summed E-state index contributed by atoms with van der Waals surface area (Å²) < 4.78 is 26.2. The van der Waals surface area contributed by atoms with Crippen molar-refractivity contribution in [2.75, 3.05) is 18.8 Å². The zero-order chi connectivity index (χ0) is 12.0. The molecule has 0 spiro atoms. The van der Waals surface area contributed by atoms with Crippen LogP contribution >= 0.6 is 0 Å². The summed E-state index contributed by atoms with van der Waals surface area (Å²) in [5, 5.41) is 3.03. The predicted octanol–water partition coefficient (Wildman–Crippen LogP) is 1.09. The first-order valence-corrected chi connectivity index (χ1v) is 7.89. The van der Waals surface area contributed by atoms with E-state index in [0.29, 0.717) is 6.54 Å². The first-order valence-electron chi connectivity index (χ1n) is 6.24. The van der Waals surface area contributed by atoms with E-state index in [2.05, 4.69) is 17.0 Å². The van der Waals surface area contributed by atoms with Crippen LogP contribution in [0.25, 0.3) is 0 Å². The molecule has 1 aliphatic carbocycles. The lowest BCUT2D eigenvalue weighted by atomic mass is 9.88. The highest BCUT2D eigenvalue weighted by Gasteiger charge is 2.22. The molecule has 96 valence electrons. The molecule has 0 amide bonds. The van der Waals surface area contributed by atoms with E-state index in [1.165, 1.54) is 0 Å². The number of nitrogens with one attached hydrogen (secondary N) is 2. The van der Waals surface area contributed by atoms with Crippen LogP contribution in [0.3, 0.4) is 0 Å². The topological polar surface area (TPSA) is 58.2 Å². The minimum atomic E-state index is -3.08. The third-order valence-electron chi connectivity index (χ3n) is 3.16. The summed E-state index contributed by atoms with van der Waals surface area (Å²) in [5.74, 6) is 0.940. The average molecular weight is 248 g/mol. The molecule has 1 rings (SSSR count). The smallest absolute Gasteiger partial charge is 0.213 e. The van der Waals surface area contributed by atoms with Gasteiger partial charge in [-0.25, -0.2) is 13.1 Å². The zero-order valence-electron chi connectivity index (χ0n) is 10.3. The lowest BCUT2D eigenvalue weighted by molar-refractivity contribution is 0.332. The summed E-state index contributed by atoms with van der Waals surface area (Å²) in [5.41, 5.74) is 0. The van der Waals surface area contributed by atoms with Gasteiger partial charge in [-0.2, -0.15) is 0 Å². The van der Waals surface area contributed by atoms with Gasteiger partial charge in [-0.1, -0.05) is 13.8 Å². The maximum atomic E-state index is 11.7. The first kappa shape index (κ1) is 13.9. The van der Waals surface area contributed by atoms with Crippen LogP contribution in [-0.2, 0) is 10.0 Å². The Bertz CT molecular complexity index is 282. The summed E-state index contributed by atoms with van der Waals surface area (Å²) in [6.07, 6.45) is 4.25. The predicted molar refractivity (Wildman–Crippen MR) is 66.9 cm³/mol. The van der Waals surface area contributed by atoms with Crippen LogP contribution in [0.4, 0.5) is 0 Å². The van der Waals surface area contributed by atoms with Gasteiger partial charge in [0.15, 0.2) is 0 Å². The first-order chi connectivity index (χ1) is 7.53. The van der Waals surface area contributed by atoms with Crippen molar-refractivity contribution < 1.29 is 8.42 Å². The quantitative estimate of drug-likeness (QED) is 0.692. The zero-order valence-corrected chi connectivity index (χ0v) is 11.1. The molecule has 1 saturated carbocycles. The molecule has 2 N–H and O–H groups in total. The Hall–Kier alpha value is -0.130. The van der Waals surface area contributed by atoms with Crippen LogP contribution in [0.5, 0.6) is 0 Å². The Balaban J connectivity index is 2.29. The van der Waals surface area contributed by atoms with E-state index in [1.807, 2.05) is 6.92 Å². The normalized spacial score (nSPS) is 26.9. The average Bonchev–Trinajstić information content (AvgIpc) is 2.21. The van der Waals surface area contributed by atoms with Crippen molar-refractivity contribution in [1.29, 1.82) is 0 Å². The van der Waals surface area contributed by atoms with Gasteiger partial charge < -0.3 is 5.32 Å². The van der Waals surface area contributed by atoms with Gasteiger partial charge in [0, 0.05) is 12.6 Å². The van der Waals surface area contributed by atoms with E-state index < -0.39 is 10.0 Å². The highest BCUT2D eigenvalue weighted by Crippen LogP contribution is 2.23. The summed E-state index contributed by atoms with van der Waals surface area (Å²) in [6, 6.07) is 0.169.